The Labute approximate surface area is 168 Å². The molecule has 1 fully saturated rings. The van der Waals surface area contributed by atoms with Crippen molar-refractivity contribution in [2.75, 3.05) is 37.7 Å². The molecule has 2 aromatic rings. The summed E-state index contributed by atoms with van der Waals surface area (Å²) >= 11 is 0. The molecule has 0 radical (unpaired) electrons. The van der Waals surface area contributed by atoms with Gasteiger partial charge in [0.2, 0.25) is 11.9 Å². The largest absolute Gasteiger partial charge is 0.378 e. The number of rotatable bonds is 5. The second-order valence-corrected chi connectivity index (χ2v) is 7.23. The van der Waals surface area contributed by atoms with Crippen molar-refractivity contribution >= 4 is 17.5 Å². The van der Waals surface area contributed by atoms with E-state index in [9.17, 15) is 14.9 Å². The molecular weight excluding hydrogens is 374 g/mol. The zero-order chi connectivity index (χ0) is 20.2. The third kappa shape index (κ3) is 4.51. The summed E-state index contributed by atoms with van der Waals surface area (Å²) in [5.41, 5.74) is 2.99. The number of nitrogens with zero attached hydrogens (tertiary/aromatic N) is 5. The summed E-state index contributed by atoms with van der Waals surface area (Å²) in [4.78, 5) is 36.2. The Morgan fingerprint density at radius 3 is 2.66 bits per heavy atom. The number of hydrogen-bond donors (Lipinski definition) is 0. The van der Waals surface area contributed by atoms with Crippen LogP contribution < -0.4 is 4.90 Å². The van der Waals surface area contributed by atoms with E-state index in [4.69, 9.17) is 9.72 Å². The van der Waals surface area contributed by atoms with Gasteiger partial charge in [0.05, 0.1) is 30.4 Å². The number of carbonyl (C=O) groups excluding carboxylic acids is 1. The van der Waals surface area contributed by atoms with Crippen LogP contribution in [0.4, 0.5) is 11.6 Å². The second-order valence-electron chi connectivity index (χ2n) is 7.23. The van der Waals surface area contributed by atoms with Gasteiger partial charge in [0, 0.05) is 44.4 Å². The smallest absolute Gasteiger partial charge is 0.269 e. The van der Waals surface area contributed by atoms with E-state index in [2.05, 4.69) is 9.88 Å². The zero-order valence-corrected chi connectivity index (χ0v) is 16.1. The summed E-state index contributed by atoms with van der Waals surface area (Å²) < 4.78 is 5.38. The molecular formula is C20H23N5O4. The van der Waals surface area contributed by atoms with Crippen molar-refractivity contribution in [3.8, 4) is 0 Å². The number of ether oxygens (including phenoxy) is 1. The van der Waals surface area contributed by atoms with Gasteiger partial charge >= 0.3 is 0 Å². The SMILES string of the molecule is O=C(CCc1ccc([N+](=O)[O-])cc1)N1CCc2cnc(N3CCOCC3)nc2C1. The Hall–Kier alpha value is -3.07. The van der Waals surface area contributed by atoms with Gasteiger partial charge in [-0.15, -0.1) is 0 Å². The average molecular weight is 397 g/mol. The summed E-state index contributed by atoms with van der Waals surface area (Å²) in [7, 11) is 0. The highest BCUT2D eigenvalue weighted by molar-refractivity contribution is 5.76. The van der Waals surface area contributed by atoms with Crippen LogP contribution in [0.15, 0.2) is 30.5 Å². The van der Waals surface area contributed by atoms with Crippen molar-refractivity contribution in [2.45, 2.75) is 25.8 Å². The molecule has 29 heavy (non-hydrogen) atoms. The van der Waals surface area contributed by atoms with E-state index in [-0.39, 0.29) is 11.6 Å². The molecule has 2 aliphatic rings. The average Bonchev–Trinajstić information content (AvgIpc) is 2.77. The number of fused-ring (bicyclic) bond motifs is 1. The molecule has 0 atom stereocenters. The fourth-order valence-electron chi connectivity index (χ4n) is 3.61. The molecule has 152 valence electrons. The van der Waals surface area contributed by atoms with Crippen LogP contribution >= 0.6 is 0 Å². The van der Waals surface area contributed by atoms with Gasteiger partial charge in [0.15, 0.2) is 0 Å². The first kappa shape index (κ1) is 19.3. The summed E-state index contributed by atoms with van der Waals surface area (Å²) in [6.07, 6.45) is 3.56. The van der Waals surface area contributed by atoms with E-state index in [0.717, 1.165) is 36.3 Å². The summed E-state index contributed by atoms with van der Waals surface area (Å²) in [6.45, 7) is 4.05. The third-order valence-corrected chi connectivity index (χ3v) is 5.35. The van der Waals surface area contributed by atoms with Gasteiger partial charge < -0.3 is 14.5 Å². The maximum atomic E-state index is 12.7. The molecule has 1 aromatic heterocycles. The Bertz CT molecular complexity index is 896. The van der Waals surface area contributed by atoms with Crippen LogP contribution in [-0.4, -0.2) is 58.5 Å². The molecule has 1 saturated heterocycles. The van der Waals surface area contributed by atoms with Crippen molar-refractivity contribution in [1.29, 1.82) is 0 Å². The molecule has 4 rings (SSSR count). The van der Waals surface area contributed by atoms with Crippen molar-refractivity contribution < 1.29 is 14.5 Å². The van der Waals surface area contributed by atoms with E-state index >= 15 is 0 Å². The lowest BCUT2D eigenvalue weighted by Crippen LogP contribution is -2.39. The number of hydrogen-bond acceptors (Lipinski definition) is 7. The highest BCUT2D eigenvalue weighted by atomic mass is 16.6. The maximum Gasteiger partial charge on any atom is 0.269 e. The number of carbonyl (C=O) groups is 1. The standard InChI is InChI=1S/C20H23N5O4/c26-19(6-3-15-1-4-17(5-2-15)25(27)28)24-8-7-16-13-21-20(22-18(16)14-24)23-9-11-29-12-10-23/h1-2,4-5,13H,3,6-12,14H2. The van der Waals surface area contributed by atoms with E-state index in [1.807, 2.05) is 11.1 Å². The van der Waals surface area contributed by atoms with Gasteiger partial charge in [-0.2, -0.15) is 0 Å². The summed E-state index contributed by atoms with van der Waals surface area (Å²) in [6, 6.07) is 6.36. The van der Waals surface area contributed by atoms with Gasteiger partial charge in [-0.25, -0.2) is 9.97 Å². The summed E-state index contributed by atoms with van der Waals surface area (Å²) in [5, 5.41) is 10.7. The van der Waals surface area contributed by atoms with Gasteiger partial charge in [0.1, 0.15) is 0 Å². The van der Waals surface area contributed by atoms with E-state index in [1.165, 1.54) is 12.1 Å². The minimum atomic E-state index is -0.423. The maximum absolute atomic E-state index is 12.7. The first-order valence-corrected chi connectivity index (χ1v) is 9.79. The monoisotopic (exact) mass is 397 g/mol. The lowest BCUT2D eigenvalue weighted by Gasteiger charge is -2.30. The minimum Gasteiger partial charge on any atom is -0.378 e. The molecule has 0 N–H and O–H groups in total. The minimum absolute atomic E-state index is 0.0588. The first-order valence-electron chi connectivity index (χ1n) is 9.79. The Morgan fingerprint density at radius 2 is 1.93 bits per heavy atom. The Kier molecular flexibility index (Phi) is 5.66. The van der Waals surface area contributed by atoms with Crippen LogP contribution in [-0.2, 0) is 28.9 Å². The number of nitro benzene ring substituents is 1. The number of aryl methyl sites for hydroxylation is 1. The molecule has 1 aromatic carbocycles. The molecule has 9 nitrogen and oxygen atoms in total. The highest BCUT2D eigenvalue weighted by Gasteiger charge is 2.24. The molecule has 3 heterocycles. The van der Waals surface area contributed by atoms with Crippen LogP contribution in [0.3, 0.4) is 0 Å². The van der Waals surface area contributed by atoms with Gasteiger partial charge in [-0.3, -0.25) is 14.9 Å². The lowest BCUT2D eigenvalue weighted by atomic mass is 10.0. The van der Waals surface area contributed by atoms with E-state index in [1.54, 1.807) is 12.1 Å². The molecule has 0 spiro atoms. The molecule has 1 amide bonds. The molecule has 0 aliphatic carbocycles. The fraction of sp³-hybridized carbons (Fsp3) is 0.450. The topological polar surface area (TPSA) is 102 Å². The number of nitro groups is 1. The molecule has 2 aliphatic heterocycles. The van der Waals surface area contributed by atoms with Crippen LogP contribution in [0.25, 0.3) is 0 Å². The lowest BCUT2D eigenvalue weighted by molar-refractivity contribution is -0.384. The number of anilines is 1. The van der Waals surface area contributed by atoms with Crippen LogP contribution in [0.1, 0.15) is 23.2 Å². The third-order valence-electron chi connectivity index (χ3n) is 5.35. The molecule has 0 bridgehead atoms. The second kappa shape index (κ2) is 8.52. The van der Waals surface area contributed by atoms with E-state index < -0.39 is 4.92 Å². The number of morpholine rings is 1. The van der Waals surface area contributed by atoms with Gasteiger partial charge in [0.25, 0.3) is 5.69 Å². The Balaban J connectivity index is 1.36. The predicted octanol–water partition coefficient (Wildman–Crippen LogP) is 1.74. The normalized spacial score (nSPS) is 16.4. The number of aromatic nitrogens is 2. The van der Waals surface area contributed by atoms with Crippen molar-refractivity contribution in [1.82, 2.24) is 14.9 Å². The molecule has 0 unspecified atom stereocenters. The van der Waals surface area contributed by atoms with Gasteiger partial charge in [-0.1, -0.05) is 12.1 Å². The van der Waals surface area contributed by atoms with Crippen molar-refractivity contribution in [3.63, 3.8) is 0 Å². The quantitative estimate of drug-likeness (QED) is 0.559. The fourth-order valence-corrected chi connectivity index (χ4v) is 3.61. The molecule has 9 heteroatoms. The van der Waals surface area contributed by atoms with Gasteiger partial charge in [-0.05, 0) is 24.0 Å². The number of benzene rings is 1. The van der Waals surface area contributed by atoms with Crippen LogP contribution in [0.2, 0.25) is 0 Å². The Morgan fingerprint density at radius 1 is 1.17 bits per heavy atom. The van der Waals surface area contributed by atoms with E-state index in [0.29, 0.717) is 45.1 Å². The highest BCUT2D eigenvalue weighted by Crippen LogP contribution is 2.21. The number of non-ortho nitro benzene ring substituents is 1. The van der Waals surface area contributed by atoms with Crippen molar-refractivity contribution in [2.24, 2.45) is 0 Å². The first-order chi connectivity index (χ1) is 14.1. The molecule has 0 saturated carbocycles. The summed E-state index contributed by atoms with van der Waals surface area (Å²) in [5.74, 6) is 0.771. The predicted molar refractivity (Wildman–Crippen MR) is 106 cm³/mol. The van der Waals surface area contributed by atoms with Crippen molar-refractivity contribution in [3.05, 3.63) is 57.4 Å². The van der Waals surface area contributed by atoms with Crippen LogP contribution in [0.5, 0.6) is 0 Å². The zero-order valence-electron chi connectivity index (χ0n) is 16.1. The number of amides is 1. The van der Waals surface area contributed by atoms with Crippen LogP contribution in [0, 0.1) is 10.1 Å².